The molecule has 22 heavy (non-hydrogen) atoms. The Bertz CT molecular complexity index is 512. The SMILES string of the molecule is COc1ccc(C(=O)OCCO)cc1C(C)(C)CC(C)(C)C. The highest BCUT2D eigenvalue weighted by molar-refractivity contribution is 5.90. The highest BCUT2D eigenvalue weighted by Crippen LogP contribution is 2.40. The Labute approximate surface area is 133 Å². The first-order valence-electron chi connectivity index (χ1n) is 7.57. The highest BCUT2D eigenvalue weighted by atomic mass is 16.5. The second-order valence-electron chi connectivity index (χ2n) is 7.40. The van der Waals surface area contributed by atoms with E-state index in [9.17, 15) is 4.79 Å². The molecule has 4 nitrogen and oxygen atoms in total. The van der Waals surface area contributed by atoms with E-state index in [1.807, 2.05) is 6.07 Å². The summed E-state index contributed by atoms with van der Waals surface area (Å²) in [6.07, 6.45) is 0.950. The van der Waals surface area contributed by atoms with Crippen LogP contribution in [0.5, 0.6) is 5.75 Å². The number of aliphatic hydroxyl groups is 1. The van der Waals surface area contributed by atoms with Crippen molar-refractivity contribution < 1.29 is 19.4 Å². The zero-order valence-corrected chi connectivity index (χ0v) is 14.5. The lowest BCUT2D eigenvalue weighted by Crippen LogP contribution is -2.26. The third-order valence-corrected chi connectivity index (χ3v) is 3.46. The number of ether oxygens (including phenoxy) is 2. The molecule has 1 rings (SSSR count). The van der Waals surface area contributed by atoms with Crippen molar-refractivity contribution in [2.45, 2.75) is 46.5 Å². The van der Waals surface area contributed by atoms with E-state index >= 15 is 0 Å². The van der Waals surface area contributed by atoms with Crippen LogP contribution in [0.3, 0.4) is 0 Å². The van der Waals surface area contributed by atoms with Crippen molar-refractivity contribution in [2.75, 3.05) is 20.3 Å². The number of benzene rings is 1. The summed E-state index contributed by atoms with van der Waals surface area (Å²) in [7, 11) is 1.63. The minimum absolute atomic E-state index is 0.00554. The first-order chi connectivity index (χ1) is 10.1. The average Bonchev–Trinajstić information content (AvgIpc) is 2.41. The van der Waals surface area contributed by atoms with Crippen molar-refractivity contribution in [3.8, 4) is 5.75 Å². The fraction of sp³-hybridized carbons (Fsp3) is 0.611. The Morgan fingerprint density at radius 1 is 1.18 bits per heavy atom. The van der Waals surface area contributed by atoms with Crippen LogP contribution in [0.2, 0.25) is 0 Å². The number of hydrogen-bond acceptors (Lipinski definition) is 4. The van der Waals surface area contributed by atoms with Crippen molar-refractivity contribution >= 4 is 5.97 Å². The number of methoxy groups -OCH3 is 1. The van der Waals surface area contributed by atoms with Crippen molar-refractivity contribution in [1.29, 1.82) is 0 Å². The van der Waals surface area contributed by atoms with E-state index in [-0.39, 0.29) is 24.0 Å². The van der Waals surface area contributed by atoms with E-state index < -0.39 is 5.97 Å². The summed E-state index contributed by atoms with van der Waals surface area (Å²) < 4.78 is 10.5. The molecule has 1 aromatic rings. The summed E-state index contributed by atoms with van der Waals surface area (Å²) in [6.45, 7) is 10.7. The van der Waals surface area contributed by atoms with Crippen LogP contribution in [-0.2, 0) is 10.2 Å². The lowest BCUT2D eigenvalue weighted by molar-refractivity contribution is 0.0433. The number of carbonyl (C=O) groups is 1. The number of aliphatic hydroxyl groups excluding tert-OH is 1. The molecule has 0 radical (unpaired) electrons. The zero-order chi connectivity index (χ0) is 17.0. The summed E-state index contributed by atoms with van der Waals surface area (Å²) in [5, 5.41) is 8.76. The van der Waals surface area contributed by atoms with Crippen LogP contribution in [0.4, 0.5) is 0 Å². The van der Waals surface area contributed by atoms with E-state index in [0.29, 0.717) is 5.56 Å². The Hall–Kier alpha value is -1.55. The quantitative estimate of drug-likeness (QED) is 0.816. The van der Waals surface area contributed by atoms with Crippen LogP contribution in [0, 0.1) is 5.41 Å². The molecule has 0 heterocycles. The minimum atomic E-state index is -0.426. The van der Waals surface area contributed by atoms with Crippen LogP contribution in [0.15, 0.2) is 18.2 Å². The highest BCUT2D eigenvalue weighted by Gasteiger charge is 2.30. The molecule has 0 saturated carbocycles. The van der Waals surface area contributed by atoms with E-state index in [2.05, 4.69) is 34.6 Å². The molecule has 0 atom stereocenters. The van der Waals surface area contributed by atoms with Gasteiger partial charge in [0, 0.05) is 5.56 Å². The lowest BCUT2D eigenvalue weighted by atomic mass is 9.72. The molecular weight excluding hydrogens is 280 g/mol. The van der Waals surface area contributed by atoms with Gasteiger partial charge in [-0.25, -0.2) is 4.79 Å². The molecule has 0 aliphatic heterocycles. The standard InChI is InChI=1S/C18H28O4/c1-17(2,3)12-18(4,5)14-11-13(7-8-15(14)21-6)16(20)22-10-9-19/h7-8,11,19H,9-10,12H2,1-6H3. The third-order valence-electron chi connectivity index (χ3n) is 3.46. The van der Waals surface area contributed by atoms with Gasteiger partial charge >= 0.3 is 5.97 Å². The largest absolute Gasteiger partial charge is 0.496 e. The molecule has 4 heteroatoms. The monoisotopic (exact) mass is 308 g/mol. The number of esters is 1. The van der Waals surface area contributed by atoms with Gasteiger partial charge in [0.25, 0.3) is 0 Å². The van der Waals surface area contributed by atoms with Gasteiger partial charge in [0.2, 0.25) is 0 Å². The first kappa shape index (κ1) is 18.5. The van der Waals surface area contributed by atoms with Gasteiger partial charge in [-0.3, -0.25) is 0 Å². The summed E-state index contributed by atoms with van der Waals surface area (Å²) in [5.41, 5.74) is 1.48. The smallest absolute Gasteiger partial charge is 0.338 e. The van der Waals surface area contributed by atoms with Crippen molar-refractivity contribution in [1.82, 2.24) is 0 Å². The molecule has 0 saturated heterocycles. The van der Waals surface area contributed by atoms with Gasteiger partial charge in [-0.1, -0.05) is 34.6 Å². The van der Waals surface area contributed by atoms with E-state index in [4.69, 9.17) is 14.6 Å². The maximum absolute atomic E-state index is 12.0. The fourth-order valence-corrected chi connectivity index (χ4v) is 3.01. The summed E-state index contributed by atoms with van der Waals surface area (Å²) >= 11 is 0. The van der Waals surface area contributed by atoms with E-state index in [1.54, 1.807) is 19.2 Å². The van der Waals surface area contributed by atoms with Crippen LogP contribution in [-0.4, -0.2) is 31.4 Å². The molecule has 0 aliphatic carbocycles. The van der Waals surface area contributed by atoms with Gasteiger partial charge in [0.15, 0.2) is 0 Å². The molecular formula is C18H28O4. The summed E-state index contributed by atoms with van der Waals surface area (Å²) in [4.78, 5) is 12.0. The van der Waals surface area contributed by atoms with Crippen LogP contribution in [0.25, 0.3) is 0 Å². The van der Waals surface area contributed by atoms with Crippen molar-refractivity contribution in [2.24, 2.45) is 5.41 Å². The minimum Gasteiger partial charge on any atom is -0.496 e. The van der Waals surface area contributed by atoms with Gasteiger partial charge in [-0.15, -0.1) is 0 Å². The van der Waals surface area contributed by atoms with Crippen LogP contribution < -0.4 is 4.74 Å². The predicted molar refractivity (Wildman–Crippen MR) is 87.5 cm³/mol. The molecule has 0 amide bonds. The molecule has 124 valence electrons. The fourth-order valence-electron chi connectivity index (χ4n) is 3.01. The van der Waals surface area contributed by atoms with Gasteiger partial charge in [0.05, 0.1) is 19.3 Å². The van der Waals surface area contributed by atoms with Gasteiger partial charge < -0.3 is 14.6 Å². The second kappa shape index (κ2) is 7.14. The maximum Gasteiger partial charge on any atom is 0.338 e. The van der Waals surface area contributed by atoms with Gasteiger partial charge in [-0.05, 0) is 35.4 Å². The average molecular weight is 308 g/mol. The predicted octanol–water partition coefficient (Wildman–Crippen LogP) is 3.56. The molecule has 0 spiro atoms. The molecule has 1 N–H and O–H groups in total. The van der Waals surface area contributed by atoms with Gasteiger partial charge in [-0.2, -0.15) is 0 Å². The van der Waals surface area contributed by atoms with Crippen molar-refractivity contribution in [3.63, 3.8) is 0 Å². The molecule has 0 bridgehead atoms. The topological polar surface area (TPSA) is 55.8 Å². The van der Waals surface area contributed by atoms with E-state index in [1.165, 1.54) is 0 Å². The second-order valence-corrected chi connectivity index (χ2v) is 7.40. The molecule has 0 unspecified atom stereocenters. The Morgan fingerprint density at radius 3 is 2.32 bits per heavy atom. The number of hydrogen-bond donors (Lipinski definition) is 1. The summed E-state index contributed by atoms with van der Waals surface area (Å²) in [6, 6.07) is 5.33. The molecule has 0 aromatic heterocycles. The van der Waals surface area contributed by atoms with Gasteiger partial charge in [0.1, 0.15) is 12.4 Å². The zero-order valence-electron chi connectivity index (χ0n) is 14.5. The maximum atomic E-state index is 12.0. The molecule has 0 aliphatic rings. The van der Waals surface area contributed by atoms with E-state index in [0.717, 1.165) is 17.7 Å². The Balaban J connectivity index is 3.18. The van der Waals surface area contributed by atoms with Crippen molar-refractivity contribution in [3.05, 3.63) is 29.3 Å². The third kappa shape index (κ3) is 5.02. The summed E-state index contributed by atoms with van der Waals surface area (Å²) in [5.74, 6) is 0.345. The van der Waals surface area contributed by atoms with Crippen LogP contribution in [0.1, 0.15) is 57.0 Å². The molecule has 0 fully saturated rings. The lowest BCUT2D eigenvalue weighted by Gasteiger charge is -2.34. The number of rotatable bonds is 6. The Morgan fingerprint density at radius 2 is 1.82 bits per heavy atom. The van der Waals surface area contributed by atoms with Crippen LogP contribution >= 0.6 is 0 Å². The Kier molecular flexibility index (Phi) is 6.00. The number of carbonyl (C=O) groups excluding carboxylic acids is 1. The molecule has 1 aromatic carbocycles. The normalized spacial score (nSPS) is 12.1. The first-order valence-corrected chi connectivity index (χ1v) is 7.57.